The monoisotopic (exact) mass is 417 g/mol. The Morgan fingerprint density at radius 1 is 1.10 bits per heavy atom. The summed E-state index contributed by atoms with van der Waals surface area (Å²) in [6.07, 6.45) is -5.92. The van der Waals surface area contributed by atoms with E-state index in [9.17, 15) is 33.9 Å². The van der Waals surface area contributed by atoms with Crippen LogP contribution in [0, 0.1) is 0 Å². The number of primary amides is 1. The van der Waals surface area contributed by atoms with Gasteiger partial charge in [0.1, 0.15) is 12.7 Å². The number of nitrogens with one attached hydrogen (secondary N) is 1. The topological polar surface area (TPSA) is 201 Å². The fourth-order valence-corrected chi connectivity index (χ4v) is 2.83. The molecule has 0 radical (unpaired) electrons. The van der Waals surface area contributed by atoms with Gasteiger partial charge in [-0.05, 0) is 0 Å². The largest absolute Gasteiger partial charge is 0.463 e. The molecule has 0 spiro atoms. The Bertz CT molecular complexity index is 769. The predicted molar refractivity (Wildman–Crippen MR) is 85.9 cm³/mol. The number of rotatable bonds is 6. The van der Waals surface area contributed by atoms with Gasteiger partial charge in [0, 0.05) is 20.8 Å². The highest BCUT2D eigenvalue weighted by Crippen LogP contribution is 2.32. The molecule has 5 atom stereocenters. The molecule has 2 aliphatic heterocycles. The maximum atomic E-state index is 12.5. The molecule has 0 saturated carbocycles. The van der Waals surface area contributed by atoms with E-state index in [2.05, 4.69) is 0 Å². The van der Waals surface area contributed by atoms with Crippen molar-refractivity contribution < 1.29 is 52.8 Å². The first kappa shape index (κ1) is 22.0. The van der Waals surface area contributed by atoms with Gasteiger partial charge in [-0.3, -0.25) is 29.3 Å². The first-order valence-corrected chi connectivity index (χ1v) is 8.19. The molecular weight excluding hydrogens is 398 g/mol. The van der Waals surface area contributed by atoms with Crippen LogP contribution in [0.3, 0.4) is 0 Å². The molecule has 14 heteroatoms. The average molecular weight is 417 g/mol. The highest BCUT2D eigenvalue weighted by atomic mass is 16.7. The Balaban J connectivity index is 2.42. The highest BCUT2D eigenvalue weighted by molar-refractivity contribution is 6.18. The van der Waals surface area contributed by atoms with Crippen molar-refractivity contribution in [3.8, 4) is 0 Å². The van der Waals surface area contributed by atoms with Crippen molar-refractivity contribution in [3.05, 3.63) is 0 Å². The average Bonchev–Trinajstić information content (AvgIpc) is 3.00. The Labute approximate surface area is 163 Å². The Morgan fingerprint density at radius 2 is 1.66 bits per heavy atom. The zero-order valence-electron chi connectivity index (χ0n) is 15.6. The molecule has 2 rings (SSSR count). The summed E-state index contributed by atoms with van der Waals surface area (Å²) in [4.78, 5) is 70.5. The molecule has 0 bridgehead atoms. The van der Waals surface area contributed by atoms with Crippen LogP contribution in [0.25, 0.3) is 0 Å². The van der Waals surface area contributed by atoms with Gasteiger partial charge in [0.15, 0.2) is 18.4 Å². The summed E-state index contributed by atoms with van der Waals surface area (Å²) in [6, 6.07) is -1.28. The lowest BCUT2D eigenvalue weighted by molar-refractivity contribution is -0.171. The van der Waals surface area contributed by atoms with E-state index in [4.69, 9.17) is 24.7 Å². The number of esters is 3. The summed E-state index contributed by atoms with van der Waals surface area (Å²) in [7, 11) is 0. The zero-order valence-corrected chi connectivity index (χ0v) is 15.6. The number of hydrogen-bond donors (Lipinski definition) is 3. The minimum absolute atomic E-state index is 0.266. The molecule has 4 N–H and O–H groups in total. The van der Waals surface area contributed by atoms with E-state index >= 15 is 0 Å². The molecule has 160 valence electrons. The van der Waals surface area contributed by atoms with Gasteiger partial charge in [-0.1, -0.05) is 0 Å². The third-order valence-electron chi connectivity index (χ3n) is 3.99. The lowest BCUT2D eigenvalue weighted by Gasteiger charge is -2.27. The van der Waals surface area contributed by atoms with Crippen molar-refractivity contribution >= 4 is 35.8 Å². The van der Waals surface area contributed by atoms with Crippen LogP contribution in [0.4, 0.5) is 4.79 Å². The molecule has 0 aromatic carbocycles. The molecule has 2 aliphatic rings. The lowest BCUT2D eigenvalue weighted by atomic mass is 10.1. The van der Waals surface area contributed by atoms with Crippen molar-refractivity contribution in [2.75, 3.05) is 6.61 Å². The number of hydrogen-bond acceptors (Lipinski definition) is 11. The molecule has 2 saturated heterocycles. The van der Waals surface area contributed by atoms with Gasteiger partial charge in [0.05, 0.1) is 0 Å². The fourth-order valence-electron chi connectivity index (χ4n) is 2.83. The number of urea groups is 1. The molecule has 4 amide bonds. The van der Waals surface area contributed by atoms with Crippen LogP contribution in [0.2, 0.25) is 0 Å². The summed E-state index contributed by atoms with van der Waals surface area (Å²) in [5, 5.41) is 11.7. The van der Waals surface area contributed by atoms with Crippen LogP contribution >= 0.6 is 0 Å². The quantitative estimate of drug-likeness (QED) is 0.171. The number of amides is 4. The normalized spacial score (nSPS) is 31.2. The number of ether oxygens (including phenoxy) is 4. The van der Waals surface area contributed by atoms with Crippen molar-refractivity contribution in [2.45, 2.75) is 51.0 Å². The highest BCUT2D eigenvalue weighted by Gasteiger charge is 2.62. The lowest BCUT2D eigenvalue weighted by Crippen LogP contribution is -2.58. The number of aliphatic hydroxyl groups is 1. The SMILES string of the molecule is CC(=O)OC[C@H]1O[C@@H](N2C(=O)NC(O)(C(N)=O)C2=O)[C@H](OC(C)=O)[C@@H]1OC(C)=O. The van der Waals surface area contributed by atoms with Gasteiger partial charge >= 0.3 is 29.7 Å². The first-order valence-electron chi connectivity index (χ1n) is 8.19. The zero-order chi connectivity index (χ0) is 22.1. The summed E-state index contributed by atoms with van der Waals surface area (Å²) in [5.74, 6) is -5.47. The predicted octanol–water partition coefficient (Wildman–Crippen LogP) is -3.14. The fraction of sp³-hybridized carbons (Fsp3) is 0.600. The van der Waals surface area contributed by atoms with Crippen LogP contribution in [0.5, 0.6) is 0 Å². The Morgan fingerprint density at radius 3 is 2.10 bits per heavy atom. The van der Waals surface area contributed by atoms with Crippen molar-refractivity contribution in [1.29, 1.82) is 0 Å². The van der Waals surface area contributed by atoms with Crippen LogP contribution in [-0.2, 0) is 42.9 Å². The molecule has 0 aliphatic carbocycles. The van der Waals surface area contributed by atoms with E-state index in [1.165, 1.54) is 0 Å². The summed E-state index contributed by atoms with van der Waals surface area (Å²) >= 11 is 0. The van der Waals surface area contributed by atoms with E-state index in [0.717, 1.165) is 20.8 Å². The second kappa shape index (κ2) is 8.00. The van der Waals surface area contributed by atoms with Gasteiger partial charge in [0.2, 0.25) is 0 Å². The number of carbonyl (C=O) groups is 6. The van der Waals surface area contributed by atoms with Crippen LogP contribution in [-0.4, -0.2) is 82.6 Å². The van der Waals surface area contributed by atoms with E-state index in [-0.39, 0.29) is 4.90 Å². The number of carbonyl (C=O) groups excluding carboxylic acids is 6. The summed E-state index contributed by atoms with van der Waals surface area (Å²) < 4.78 is 20.4. The second-order valence-electron chi connectivity index (χ2n) is 6.20. The van der Waals surface area contributed by atoms with Crippen molar-refractivity contribution in [3.63, 3.8) is 0 Å². The number of nitrogens with zero attached hydrogens (tertiary/aromatic N) is 1. The summed E-state index contributed by atoms with van der Waals surface area (Å²) in [5.41, 5.74) is 1.91. The van der Waals surface area contributed by atoms with Crippen LogP contribution in [0.15, 0.2) is 0 Å². The molecule has 1 unspecified atom stereocenters. The molecule has 2 fully saturated rings. The molecule has 0 aromatic rings. The first-order chi connectivity index (χ1) is 13.4. The van der Waals surface area contributed by atoms with Crippen LogP contribution in [0.1, 0.15) is 20.8 Å². The third-order valence-corrected chi connectivity index (χ3v) is 3.99. The minimum atomic E-state index is -3.05. The van der Waals surface area contributed by atoms with E-state index < -0.39 is 72.6 Å². The molecule has 0 aromatic heterocycles. The number of nitrogens with two attached hydrogens (primary N) is 1. The van der Waals surface area contributed by atoms with Gasteiger partial charge in [-0.2, -0.15) is 0 Å². The number of imide groups is 1. The molecule has 29 heavy (non-hydrogen) atoms. The van der Waals surface area contributed by atoms with Crippen molar-refractivity contribution in [2.24, 2.45) is 5.73 Å². The van der Waals surface area contributed by atoms with Gasteiger partial charge in [0.25, 0.3) is 11.8 Å². The Kier molecular flexibility index (Phi) is 6.08. The van der Waals surface area contributed by atoms with Crippen LogP contribution < -0.4 is 11.1 Å². The standard InChI is InChI=1S/C15H19N3O11/c1-5(19)26-4-8-9(27-6(2)20)10(28-7(3)21)11(29-8)18-13(23)15(25,12(16)22)17-14(18)24/h8-11,25H,4H2,1-3H3,(H2,16,22)(H,17,24)/t8-,9-,10-,11-,15?/m1/s1. The minimum Gasteiger partial charge on any atom is -0.463 e. The maximum Gasteiger partial charge on any atom is 0.329 e. The van der Waals surface area contributed by atoms with E-state index in [0.29, 0.717) is 0 Å². The van der Waals surface area contributed by atoms with Gasteiger partial charge in [-0.25, -0.2) is 9.69 Å². The molecular formula is C15H19N3O11. The third kappa shape index (κ3) is 4.27. The maximum absolute atomic E-state index is 12.5. The smallest absolute Gasteiger partial charge is 0.329 e. The van der Waals surface area contributed by atoms with E-state index in [1.54, 1.807) is 5.32 Å². The van der Waals surface area contributed by atoms with Gasteiger partial charge < -0.3 is 29.8 Å². The molecule has 2 heterocycles. The van der Waals surface area contributed by atoms with Gasteiger partial charge in [-0.15, -0.1) is 0 Å². The summed E-state index contributed by atoms with van der Waals surface area (Å²) in [6.45, 7) is 2.67. The van der Waals surface area contributed by atoms with Crippen molar-refractivity contribution in [1.82, 2.24) is 10.2 Å². The second-order valence-corrected chi connectivity index (χ2v) is 6.20. The Hall–Kier alpha value is -3.26. The molecule has 14 nitrogen and oxygen atoms in total. The van der Waals surface area contributed by atoms with E-state index in [1.807, 2.05) is 0 Å².